The van der Waals surface area contributed by atoms with Crippen molar-refractivity contribution in [3.05, 3.63) is 59.9 Å². The van der Waals surface area contributed by atoms with E-state index in [0.717, 1.165) is 0 Å². The molecule has 0 fully saturated rings. The Balaban J connectivity index is 1.70. The van der Waals surface area contributed by atoms with Crippen molar-refractivity contribution >= 4 is 23.7 Å². The van der Waals surface area contributed by atoms with Gasteiger partial charge in [-0.1, -0.05) is 17.2 Å². The van der Waals surface area contributed by atoms with E-state index in [-0.39, 0.29) is 39.7 Å². The number of anilines is 1. The number of amides is 1. The van der Waals surface area contributed by atoms with Crippen LogP contribution in [-0.2, 0) is 0 Å². The normalized spacial score (nSPS) is 11.4. The molecular weight excluding hydrogens is 374 g/mol. The quantitative estimate of drug-likeness (QED) is 0.521. The molecule has 0 aliphatic carbocycles. The van der Waals surface area contributed by atoms with Crippen LogP contribution in [0.25, 0.3) is 11.5 Å². The molecule has 0 spiro atoms. The lowest BCUT2D eigenvalue weighted by Gasteiger charge is -2.06. The van der Waals surface area contributed by atoms with Gasteiger partial charge in [-0.05, 0) is 48.2 Å². The van der Waals surface area contributed by atoms with Gasteiger partial charge in [-0.25, -0.2) is 4.39 Å². The third-order valence-electron chi connectivity index (χ3n) is 3.10. The Kier molecular flexibility index (Phi) is 4.94. The first-order valence-electron chi connectivity index (χ1n) is 7.07. The molecular formula is C16H9F4N3O2S. The van der Waals surface area contributed by atoms with Gasteiger partial charge in [-0.15, -0.1) is 5.10 Å². The topological polar surface area (TPSA) is 68.0 Å². The summed E-state index contributed by atoms with van der Waals surface area (Å²) < 4.78 is 55.7. The second-order valence-corrected chi connectivity index (χ2v) is 6.06. The molecule has 1 heterocycles. The Morgan fingerprint density at radius 1 is 1.04 bits per heavy atom. The number of benzene rings is 2. The van der Waals surface area contributed by atoms with Crippen molar-refractivity contribution in [3.8, 4) is 11.5 Å². The molecule has 5 nitrogen and oxygen atoms in total. The van der Waals surface area contributed by atoms with Crippen LogP contribution in [-0.4, -0.2) is 21.6 Å². The molecule has 134 valence electrons. The van der Waals surface area contributed by atoms with E-state index in [4.69, 9.17) is 4.42 Å². The van der Waals surface area contributed by atoms with Gasteiger partial charge in [0.1, 0.15) is 5.82 Å². The maximum absolute atomic E-state index is 13.7. The largest absolute Gasteiger partial charge is 0.446 e. The molecule has 1 aromatic heterocycles. The van der Waals surface area contributed by atoms with E-state index in [1.165, 1.54) is 42.5 Å². The molecule has 0 saturated carbocycles. The van der Waals surface area contributed by atoms with Gasteiger partial charge in [-0.2, -0.15) is 13.2 Å². The third kappa shape index (κ3) is 4.39. The van der Waals surface area contributed by atoms with Gasteiger partial charge in [0.2, 0.25) is 0 Å². The first-order valence-corrected chi connectivity index (χ1v) is 7.89. The van der Waals surface area contributed by atoms with Crippen LogP contribution < -0.4 is 5.32 Å². The Hall–Kier alpha value is -2.88. The van der Waals surface area contributed by atoms with Gasteiger partial charge in [0, 0.05) is 10.5 Å². The van der Waals surface area contributed by atoms with Crippen molar-refractivity contribution in [2.75, 3.05) is 5.32 Å². The van der Waals surface area contributed by atoms with Crippen molar-refractivity contribution in [3.63, 3.8) is 0 Å². The van der Waals surface area contributed by atoms with Crippen LogP contribution in [0.3, 0.4) is 0 Å². The number of halogens is 4. The number of hydrogen-bond acceptors (Lipinski definition) is 5. The average Bonchev–Trinajstić information content (AvgIpc) is 3.02. The number of thioether (sulfide) groups is 1. The summed E-state index contributed by atoms with van der Waals surface area (Å²) in [6, 6.07) is 10.3. The predicted octanol–water partition coefficient (Wildman–Crippen LogP) is 4.74. The number of carbonyl (C=O) groups excluding carboxylic acids is 1. The number of nitrogens with zero attached hydrogens (tertiary/aromatic N) is 2. The van der Waals surface area contributed by atoms with E-state index >= 15 is 0 Å². The number of nitrogens with one attached hydrogen (secondary N) is 1. The monoisotopic (exact) mass is 383 g/mol. The lowest BCUT2D eigenvalue weighted by atomic mass is 10.2. The Labute approximate surface area is 148 Å². The van der Waals surface area contributed by atoms with Crippen molar-refractivity contribution < 1.29 is 26.8 Å². The van der Waals surface area contributed by atoms with Crippen molar-refractivity contribution in [2.45, 2.75) is 10.4 Å². The second kappa shape index (κ2) is 7.16. The minimum atomic E-state index is -4.41. The lowest BCUT2D eigenvalue weighted by Crippen LogP contribution is -2.12. The van der Waals surface area contributed by atoms with Crippen LogP contribution in [0.5, 0.6) is 0 Å². The molecule has 3 rings (SSSR count). The summed E-state index contributed by atoms with van der Waals surface area (Å²) in [5.74, 6) is -1.33. The third-order valence-corrected chi connectivity index (χ3v) is 3.84. The highest BCUT2D eigenvalue weighted by Crippen LogP contribution is 2.36. The van der Waals surface area contributed by atoms with Gasteiger partial charge in [0.05, 0.1) is 5.56 Å². The molecule has 0 aliphatic rings. The minimum absolute atomic E-state index is 0.0475. The first-order chi connectivity index (χ1) is 12.3. The molecule has 1 amide bonds. The molecule has 0 saturated heterocycles. The van der Waals surface area contributed by atoms with Gasteiger partial charge >= 0.3 is 11.5 Å². The highest BCUT2D eigenvalue weighted by Gasteiger charge is 2.29. The SMILES string of the molecule is O=C(Nc1nnc(-c2ccccc2F)o1)c1ccc(SC(F)(F)F)cc1. The summed E-state index contributed by atoms with van der Waals surface area (Å²) in [5.41, 5.74) is -4.23. The van der Waals surface area contributed by atoms with Crippen LogP contribution in [0.1, 0.15) is 10.4 Å². The molecule has 0 atom stereocenters. The number of hydrogen-bond donors (Lipinski definition) is 1. The van der Waals surface area contributed by atoms with Crippen LogP contribution in [0.15, 0.2) is 57.8 Å². The van der Waals surface area contributed by atoms with Crippen molar-refractivity contribution in [2.24, 2.45) is 0 Å². The van der Waals surface area contributed by atoms with E-state index in [1.54, 1.807) is 6.07 Å². The predicted molar refractivity (Wildman–Crippen MR) is 86.0 cm³/mol. The Morgan fingerprint density at radius 2 is 1.73 bits per heavy atom. The summed E-state index contributed by atoms with van der Waals surface area (Å²) in [6.45, 7) is 0. The van der Waals surface area contributed by atoms with E-state index in [1.807, 2.05) is 0 Å². The van der Waals surface area contributed by atoms with Crippen LogP contribution >= 0.6 is 11.8 Å². The fraction of sp³-hybridized carbons (Fsp3) is 0.0625. The average molecular weight is 383 g/mol. The number of rotatable bonds is 4. The van der Waals surface area contributed by atoms with E-state index < -0.39 is 17.2 Å². The zero-order valence-electron chi connectivity index (χ0n) is 12.7. The zero-order valence-corrected chi connectivity index (χ0v) is 13.6. The van der Waals surface area contributed by atoms with Gasteiger partial charge in [0.25, 0.3) is 11.8 Å². The first kappa shape index (κ1) is 17.9. The smallest absolute Gasteiger partial charge is 0.403 e. The summed E-state index contributed by atoms with van der Waals surface area (Å²) >= 11 is -0.281. The van der Waals surface area contributed by atoms with Crippen LogP contribution in [0.4, 0.5) is 23.6 Å². The summed E-state index contributed by atoms with van der Waals surface area (Å²) in [6.07, 6.45) is 0. The number of aromatic nitrogens is 2. The highest BCUT2D eigenvalue weighted by molar-refractivity contribution is 8.00. The molecule has 26 heavy (non-hydrogen) atoms. The highest BCUT2D eigenvalue weighted by atomic mass is 32.2. The van der Waals surface area contributed by atoms with Crippen LogP contribution in [0.2, 0.25) is 0 Å². The standard InChI is InChI=1S/C16H9F4N3O2S/c17-12-4-2-1-3-11(12)14-22-23-15(25-14)21-13(24)9-5-7-10(8-6-9)26-16(18,19)20/h1-8H,(H,21,23,24). The fourth-order valence-corrected chi connectivity index (χ4v) is 2.53. The molecule has 0 radical (unpaired) electrons. The van der Waals surface area contributed by atoms with Crippen LogP contribution in [0, 0.1) is 5.82 Å². The van der Waals surface area contributed by atoms with E-state index in [9.17, 15) is 22.4 Å². The van der Waals surface area contributed by atoms with Gasteiger partial charge < -0.3 is 4.42 Å². The molecule has 10 heteroatoms. The second-order valence-electron chi connectivity index (χ2n) is 4.92. The van der Waals surface area contributed by atoms with Gasteiger partial charge in [-0.3, -0.25) is 10.1 Å². The fourth-order valence-electron chi connectivity index (χ4n) is 1.99. The van der Waals surface area contributed by atoms with Gasteiger partial charge in [0.15, 0.2) is 0 Å². The molecule has 1 N–H and O–H groups in total. The summed E-state index contributed by atoms with van der Waals surface area (Å²) in [5, 5.41) is 9.55. The van der Waals surface area contributed by atoms with E-state index in [2.05, 4.69) is 15.5 Å². The molecule has 0 aliphatic heterocycles. The molecule has 3 aromatic rings. The maximum Gasteiger partial charge on any atom is 0.446 e. The molecule has 0 bridgehead atoms. The van der Waals surface area contributed by atoms with Crippen molar-refractivity contribution in [1.29, 1.82) is 0 Å². The Morgan fingerprint density at radius 3 is 2.38 bits per heavy atom. The summed E-state index contributed by atoms with van der Waals surface area (Å²) in [4.78, 5) is 12.0. The lowest BCUT2D eigenvalue weighted by molar-refractivity contribution is -0.0328. The maximum atomic E-state index is 13.7. The van der Waals surface area contributed by atoms with E-state index in [0.29, 0.717) is 0 Å². The molecule has 2 aromatic carbocycles. The minimum Gasteiger partial charge on any atom is -0.403 e. The number of carbonyl (C=O) groups is 1. The Bertz CT molecular complexity index is 926. The van der Waals surface area contributed by atoms with Crippen molar-refractivity contribution in [1.82, 2.24) is 10.2 Å². The number of alkyl halides is 3. The molecule has 0 unspecified atom stereocenters. The zero-order chi connectivity index (χ0) is 18.7. The summed E-state index contributed by atoms with van der Waals surface area (Å²) in [7, 11) is 0.